The fourth-order valence-electron chi connectivity index (χ4n) is 5.10. The topological polar surface area (TPSA) is 148 Å². The number of rotatable bonds is 12. The Hall–Kier alpha value is -4.05. The molecular weight excluding hydrogens is 661 g/mol. The number of likely N-dealkylation sites (tertiary alicyclic amines) is 1. The van der Waals surface area contributed by atoms with E-state index in [9.17, 15) is 26.0 Å². The first-order valence-electron chi connectivity index (χ1n) is 14.1. The third-order valence-corrected chi connectivity index (χ3v) is 11.0. The highest BCUT2D eigenvalue weighted by Gasteiger charge is 2.35. The van der Waals surface area contributed by atoms with E-state index in [1.165, 1.54) is 17.3 Å². The molecule has 1 N–H and O–H groups in total. The van der Waals surface area contributed by atoms with Gasteiger partial charge in [-0.25, -0.2) is 31.2 Å². The standard InChI is InChI=1S/C30H31ClFN5O7S2/c1-45(39,40)37(46(2,41)42)16-28(38)36-14-6-8-22(36)18-44-27-11-5-10-25-29(27)30(34-19-33-25)35-21-12-13-26(23(31)15-21)43-17-20-7-3-4-9-24(20)32/h3-5,7,9-13,15,19,22H,6,8,14,16-18H2,1-2H3,(H,33,34,35)/t22-/m0/s1. The minimum absolute atomic E-state index is 0.00803. The van der Waals surface area contributed by atoms with Gasteiger partial charge < -0.3 is 19.7 Å². The van der Waals surface area contributed by atoms with Gasteiger partial charge in [0.25, 0.3) is 0 Å². The summed E-state index contributed by atoms with van der Waals surface area (Å²) >= 11 is 6.48. The van der Waals surface area contributed by atoms with Crippen molar-refractivity contribution in [2.75, 3.05) is 37.5 Å². The third kappa shape index (κ3) is 7.84. The van der Waals surface area contributed by atoms with Crippen molar-refractivity contribution >= 4 is 60.0 Å². The fourth-order valence-corrected chi connectivity index (χ4v) is 7.99. The number of hydrogen-bond donors (Lipinski definition) is 1. The van der Waals surface area contributed by atoms with Crippen LogP contribution in [0.25, 0.3) is 10.9 Å². The lowest BCUT2D eigenvalue weighted by Gasteiger charge is -2.27. The van der Waals surface area contributed by atoms with Crippen LogP contribution >= 0.6 is 11.6 Å². The zero-order valence-corrected chi connectivity index (χ0v) is 27.3. The summed E-state index contributed by atoms with van der Waals surface area (Å²) in [6, 6.07) is 16.2. The zero-order valence-electron chi connectivity index (χ0n) is 24.9. The molecule has 46 heavy (non-hydrogen) atoms. The van der Waals surface area contributed by atoms with Gasteiger partial charge in [0, 0.05) is 17.8 Å². The number of carbonyl (C=O) groups is 1. The summed E-state index contributed by atoms with van der Waals surface area (Å²) in [5, 5.41) is 4.09. The molecule has 1 atom stereocenters. The Labute approximate surface area is 271 Å². The first kappa shape index (κ1) is 33.3. The molecule has 1 fully saturated rings. The van der Waals surface area contributed by atoms with Gasteiger partial charge in [0.15, 0.2) is 0 Å². The maximum atomic E-state index is 14.0. The van der Waals surface area contributed by atoms with Crippen LogP contribution < -0.4 is 14.8 Å². The van der Waals surface area contributed by atoms with Crippen LogP contribution in [-0.4, -0.2) is 79.6 Å². The Morgan fingerprint density at radius 2 is 1.78 bits per heavy atom. The van der Waals surface area contributed by atoms with E-state index in [1.54, 1.807) is 54.6 Å². The van der Waals surface area contributed by atoms with Crippen LogP contribution in [0.3, 0.4) is 0 Å². The Morgan fingerprint density at radius 1 is 1.02 bits per heavy atom. The van der Waals surface area contributed by atoms with Gasteiger partial charge in [-0.3, -0.25) is 4.79 Å². The van der Waals surface area contributed by atoms with Gasteiger partial charge in [-0.1, -0.05) is 39.6 Å². The maximum absolute atomic E-state index is 14.0. The number of nitrogens with zero attached hydrogens (tertiary/aromatic N) is 4. The summed E-state index contributed by atoms with van der Waals surface area (Å²) < 4.78 is 74.3. The number of sulfonamides is 2. The van der Waals surface area contributed by atoms with E-state index >= 15 is 0 Å². The van der Waals surface area contributed by atoms with Gasteiger partial charge in [-0.2, -0.15) is 0 Å². The van der Waals surface area contributed by atoms with E-state index in [-0.39, 0.29) is 22.7 Å². The van der Waals surface area contributed by atoms with Crippen LogP contribution in [0, 0.1) is 5.82 Å². The van der Waals surface area contributed by atoms with Crippen LogP contribution in [0.1, 0.15) is 18.4 Å². The number of aromatic nitrogens is 2. The van der Waals surface area contributed by atoms with Crippen molar-refractivity contribution in [1.29, 1.82) is 0 Å². The van der Waals surface area contributed by atoms with Gasteiger partial charge in [-0.15, -0.1) is 0 Å². The molecule has 0 radical (unpaired) electrons. The number of amides is 1. The maximum Gasteiger partial charge on any atom is 0.239 e. The third-order valence-electron chi connectivity index (χ3n) is 7.29. The Balaban J connectivity index is 1.30. The SMILES string of the molecule is CS(=O)(=O)N(CC(=O)N1CCC[C@H]1COc1cccc2ncnc(Nc3ccc(OCc4ccccc4F)c(Cl)c3)c12)S(C)(=O)=O. The molecule has 2 heterocycles. The van der Waals surface area contributed by atoms with Crippen LogP contribution in [0.2, 0.25) is 5.02 Å². The van der Waals surface area contributed by atoms with E-state index in [0.29, 0.717) is 63.9 Å². The minimum Gasteiger partial charge on any atom is -0.491 e. The van der Waals surface area contributed by atoms with Crippen LogP contribution in [0.4, 0.5) is 15.9 Å². The van der Waals surface area contributed by atoms with Gasteiger partial charge in [0.1, 0.15) is 49.2 Å². The molecule has 1 saturated heterocycles. The average Bonchev–Trinajstić information content (AvgIpc) is 3.47. The first-order valence-corrected chi connectivity index (χ1v) is 18.2. The number of anilines is 2. The minimum atomic E-state index is -4.18. The number of halogens is 2. The second kappa shape index (κ2) is 13.7. The van der Waals surface area contributed by atoms with Gasteiger partial charge in [0.2, 0.25) is 26.0 Å². The largest absolute Gasteiger partial charge is 0.491 e. The van der Waals surface area contributed by atoms with Gasteiger partial charge >= 0.3 is 0 Å². The Kier molecular flexibility index (Phi) is 9.96. The van der Waals surface area contributed by atoms with E-state index in [2.05, 4.69) is 15.3 Å². The molecule has 16 heteroatoms. The summed E-state index contributed by atoms with van der Waals surface area (Å²) in [5.41, 5.74) is 1.57. The van der Waals surface area contributed by atoms with Crippen LogP contribution in [0.5, 0.6) is 11.5 Å². The van der Waals surface area contributed by atoms with Gasteiger partial charge in [0.05, 0.1) is 34.5 Å². The molecule has 1 aliphatic rings. The molecule has 12 nitrogen and oxygen atoms in total. The van der Waals surface area contributed by atoms with E-state index in [0.717, 1.165) is 12.5 Å². The number of fused-ring (bicyclic) bond motifs is 1. The van der Waals surface area contributed by atoms with Gasteiger partial charge in [-0.05, 0) is 49.2 Å². The number of nitrogens with one attached hydrogen (secondary N) is 1. The number of ether oxygens (including phenoxy) is 2. The molecule has 0 saturated carbocycles. The number of benzene rings is 3. The molecule has 0 bridgehead atoms. The summed E-state index contributed by atoms with van der Waals surface area (Å²) in [7, 11) is -8.36. The monoisotopic (exact) mass is 691 g/mol. The van der Waals surface area contributed by atoms with Crippen LogP contribution in [-0.2, 0) is 31.4 Å². The Bertz CT molecular complexity index is 1940. The molecule has 0 aliphatic carbocycles. The molecule has 1 amide bonds. The number of carbonyl (C=O) groups excluding carboxylic acids is 1. The normalized spacial score (nSPS) is 15.3. The lowest BCUT2D eigenvalue weighted by Crippen LogP contribution is -2.47. The highest BCUT2D eigenvalue weighted by atomic mass is 35.5. The smallest absolute Gasteiger partial charge is 0.239 e. The van der Waals surface area contributed by atoms with E-state index < -0.39 is 38.5 Å². The molecule has 1 aliphatic heterocycles. The lowest BCUT2D eigenvalue weighted by atomic mass is 10.2. The van der Waals surface area contributed by atoms with Crippen molar-refractivity contribution in [3.8, 4) is 11.5 Å². The molecule has 4 aromatic rings. The summed E-state index contributed by atoms with van der Waals surface area (Å²) in [5.74, 6) is 0.226. The highest BCUT2D eigenvalue weighted by molar-refractivity contribution is 8.03. The van der Waals surface area contributed by atoms with Crippen molar-refractivity contribution < 1.29 is 35.5 Å². The summed E-state index contributed by atoms with van der Waals surface area (Å²) in [6.45, 7) is -0.411. The quantitative estimate of drug-likeness (QED) is 0.228. The summed E-state index contributed by atoms with van der Waals surface area (Å²) in [6.07, 6.45) is 4.10. The molecule has 1 aromatic heterocycles. The predicted molar refractivity (Wildman–Crippen MR) is 172 cm³/mol. The fraction of sp³-hybridized carbons (Fsp3) is 0.300. The molecule has 3 aromatic carbocycles. The molecular formula is C30H31ClFN5O7S2. The van der Waals surface area contributed by atoms with E-state index in [4.69, 9.17) is 21.1 Å². The van der Waals surface area contributed by atoms with Crippen molar-refractivity contribution in [2.45, 2.75) is 25.5 Å². The summed E-state index contributed by atoms with van der Waals surface area (Å²) in [4.78, 5) is 23.2. The molecule has 0 unspecified atom stereocenters. The first-order chi connectivity index (χ1) is 21.8. The highest BCUT2D eigenvalue weighted by Crippen LogP contribution is 2.34. The number of hydrogen-bond acceptors (Lipinski definition) is 10. The second-order valence-electron chi connectivity index (χ2n) is 10.7. The Morgan fingerprint density at radius 3 is 2.50 bits per heavy atom. The average molecular weight is 692 g/mol. The molecule has 5 rings (SSSR count). The zero-order chi connectivity index (χ0) is 33.1. The van der Waals surface area contributed by atoms with Crippen molar-refractivity contribution in [2.24, 2.45) is 0 Å². The van der Waals surface area contributed by atoms with E-state index in [1.807, 2.05) is 0 Å². The second-order valence-corrected chi connectivity index (χ2v) is 15.1. The van der Waals surface area contributed by atoms with Crippen molar-refractivity contribution in [1.82, 2.24) is 18.6 Å². The van der Waals surface area contributed by atoms with Crippen molar-refractivity contribution in [3.63, 3.8) is 0 Å². The van der Waals surface area contributed by atoms with Crippen LogP contribution in [0.15, 0.2) is 67.0 Å². The lowest BCUT2D eigenvalue weighted by molar-refractivity contribution is -0.132. The molecule has 244 valence electrons. The predicted octanol–water partition coefficient (Wildman–Crippen LogP) is 4.34. The molecule has 0 spiro atoms. The van der Waals surface area contributed by atoms with Crippen molar-refractivity contribution in [3.05, 3.63) is 83.4 Å².